The highest BCUT2D eigenvalue weighted by Gasteiger charge is 2.09. The summed E-state index contributed by atoms with van der Waals surface area (Å²) in [7, 11) is 0. The third kappa shape index (κ3) is 3.12. The van der Waals surface area contributed by atoms with E-state index in [-0.39, 0.29) is 5.69 Å². The number of nitrogens with one attached hydrogen (secondary N) is 1. The number of hydrogen-bond acceptors (Lipinski definition) is 5. The van der Waals surface area contributed by atoms with Gasteiger partial charge in [0.1, 0.15) is 6.26 Å². The lowest BCUT2D eigenvalue weighted by molar-refractivity contribution is 0.0690. The highest BCUT2D eigenvalue weighted by atomic mass is 16.4. The Morgan fingerprint density at radius 2 is 2.35 bits per heavy atom. The van der Waals surface area contributed by atoms with Gasteiger partial charge in [-0.05, 0) is 11.6 Å². The third-order valence-electron chi connectivity index (χ3n) is 2.10. The first-order valence-electron chi connectivity index (χ1n) is 5.03. The highest BCUT2D eigenvalue weighted by molar-refractivity contribution is 5.84. The van der Waals surface area contributed by atoms with Gasteiger partial charge in [0.15, 0.2) is 5.69 Å². The van der Waals surface area contributed by atoms with E-state index >= 15 is 0 Å². The second-order valence-corrected chi connectivity index (χ2v) is 3.40. The molecule has 88 valence electrons. The minimum absolute atomic E-state index is 0.0804. The molecule has 0 aliphatic carbocycles. The van der Waals surface area contributed by atoms with Crippen molar-refractivity contribution in [3.05, 3.63) is 47.9 Å². The number of rotatable bonds is 5. The fourth-order valence-corrected chi connectivity index (χ4v) is 1.31. The number of aromatic nitrogens is 2. The average molecular weight is 233 g/mol. The Labute approximate surface area is 97.3 Å². The van der Waals surface area contributed by atoms with E-state index in [2.05, 4.69) is 15.3 Å². The van der Waals surface area contributed by atoms with Gasteiger partial charge in [0, 0.05) is 18.9 Å². The average Bonchev–Trinajstić information content (AvgIpc) is 2.79. The number of oxazole rings is 1. The third-order valence-corrected chi connectivity index (χ3v) is 2.10. The van der Waals surface area contributed by atoms with Crippen LogP contribution in [-0.4, -0.2) is 21.0 Å². The molecule has 0 saturated heterocycles. The van der Waals surface area contributed by atoms with Crippen molar-refractivity contribution in [3.8, 4) is 0 Å². The lowest BCUT2D eigenvalue weighted by Gasteiger charge is -2.00. The molecule has 0 bridgehead atoms. The number of hydrogen-bond donors (Lipinski definition) is 2. The Balaban J connectivity index is 1.84. The van der Waals surface area contributed by atoms with Gasteiger partial charge in [-0.25, -0.2) is 9.78 Å². The van der Waals surface area contributed by atoms with Crippen molar-refractivity contribution in [3.63, 3.8) is 0 Å². The monoisotopic (exact) mass is 233 g/mol. The summed E-state index contributed by atoms with van der Waals surface area (Å²) in [5.41, 5.74) is 0.959. The number of carboxylic acid groups (broad SMARTS) is 1. The molecule has 0 spiro atoms. The molecule has 0 aromatic carbocycles. The lowest BCUT2D eigenvalue weighted by atomic mass is 10.3. The molecule has 0 aliphatic heterocycles. The van der Waals surface area contributed by atoms with Crippen molar-refractivity contribution >= 4 is 5.97 Å². The van der Waals surface area contributed by atoms with Crippen LogP contribution in [0.3, 0.4) is 0 Å². The van der Waals surface area contributed by atoms with Crippen LogP contribution in [0, 0.1) is 0 Å². The number of nitrogens with zero attached hydrogens (tertiary/aromatic N) is 2. The van der Waals surface area contributed by atoms with Crippen molar-refractivity contribution in [2.75, 3.05) is 0 Å². The van der Waals surface area contributed by atoms with E-state index in [0.717, 1.165) is 11.8 Å². The molecule has 2 rings (SSSR count). The maximum atomic E-state index is 10.6. The molecular weight excluding hydrogens is 222 g/mol. The number of carboxylic acids is 1. The Morgan fingerprint density at radius 3 is 3.00 bits per heavy atom. The Hall–Kier alpha value is -2.21. The normalized spacial score (nSPS) is 10.4. The Kier molecular flexibility index (Phi) is 3.46. The molecule has 2 aromatic rings. The molecule has 0 saturated carbocycles. The number of carbonyl (C=O) groups is 1. The van der Waals surface area contributed by atoms with Gasteiger partial charge in [-0.1, -0.05) is 6.07 Å². The van der Waals surface area contributed by atoms with Crippen LogP contribution in [0.25, 0.3) is 0 Å². The summed E-state index contributed by atoms with van der Waals surface area (Å²) < 4.78 is 4.99. The molecule has 0 aliphatic rings. The molecular formula is C11H11N3O3. The quantitative estimate of drug-likeness (QED) is 0.802. The molecule has 0 atom stereocenters. The second kappa shape index (κ2) is 5.22. The minimum Gasteiger partial charge on any atom is -0.476 e. The van der Waals surface area contributed by atoms with Gasteiger partial charge in [0.2, 0.25) is 5.89 Å². The molecule has 0 amide bonds. The highest BCUT2D eigenvalue weighted by Crippen LogP contribution is 2.02. The molecule has 0 unspecified atom stereocenters. The van der Waals surface area contributed by atoms with E-state index in [0.29, 0.717) is 19.0 Å². The second-order valence-electron chi connectivity index (χ2n) is 3.40. The summed E-state index contributed by atoms with van der Waals surface area (Å²) >= 11 is 0. The van der Waals surface area contributed by atoms with Crippen LogP contribution < -0.4 is 5.32 Å². The van der Waals surface area contributed by atoms with Gasteiger partial charge in [-0.3, -0.25) is 4.98 Å². The van der Waals surface area contributed by atoms with Crippen LogP contribution in [0.4, 0.5) is 0 Å². The molecule has 6 heteroatoms. The molecule has 2 heterocycles. The van der Waals surface area contributed by atoms with Crippen LogP contribution in [0.15, 0.2) is 35.2 Å². The summed E-state index contributed by atoms with van der Waals surface area (Å²) in [6, 6.07) is 3.79. The van der Waals surface area contributed by atoms with Gasteiger partial charge < -0.3 is 14.8 Å². The summed E-state index contributed by atoms with van der Waals surface area (Å²) in [5.74, 6) is -0.737. The van der Waals surface area contributed by atoms with Crippen LogP contribution in [0.5, 0.6) is 0 Å². The summed E-state index contributed by atoms with van der Waals surface area (Å²) in [5, 5.41) is 11.7. The van der Waals surface area contributed by atoms with E-state index in [9.17, 15) is 4.79 Å². The lowest BCUT2D eigenvalue weighted by Crippen LogP contribution is -2.13. The summed E-state index contributed by atoms with van der Waals surface area (Å²) in [6.45, 7) is 1.00. The van der Waals surface area contributed by atoms with Crippen LogP contribution in [0.1, 0.15) is 21.9 Å². The van der Waals surface area contributed by atoms with Gasteiger partial charge in [0.25, 0.3) is 0 Å². The minimum atomic E-state index is -1.09. The maximum Gasteiger partial charge on any atom is 0.357 e. The molecule has 0 radical (unpaired) electrons. The van der Waals surface area contributed by atoms with Crippen molar-refractivity contribution in [2.45, 2.75) is 13.1 Å². The van der Waals surface area contributed by atoms with Crippen LogP contribution in [0.2, 0.25) is 0 Å². The van der Waals surface area contributed by atoms with Crippen LogP contribution >= 0.6 is 0 Å². The number of aromatic carboxylic acids is 1. The molecule has 17 heavy (non-hydrogen) atoms. The zero-order valence-electron chi connectivity index (χ0n) is 8.96. The van der Waals surface area contributed by atoms with Crippen LogP contribution in [-0.2, 0) is 13.1 Å². The first kappa shape index (κ1) is 11.3. The zero-order valence-corrected chi connectivity index (χ0v) is 8.96. The van der Waals surface area contributed by atoms with E-state index in [4.69, 9.17) is 9.52 Å². The first-order valence-corrected chi connectivity index (χ1v) is 5.03. The van der Waals surface area contributed by atoms with E-state index in [1.54, 1.807) is 12.4 Å². The van der Waals surface area contributed by atoms with E-state index in [1.165, 1.54) is 0 Å². The Morgan fingerprint density at radius 1 is 1.47 bits per heavy atom. The zero-order chi connectivity index (χ0) is 12.1. The van der Waals surface area contributed by atoms with Crippen molar-refractivity contribution in [1.82, 2.24) is 15.3 Å². The fraction of sp³-hybridized carbons (Fsp3) is 0.182. The molecule has 0 fully saturated rings. The summed E-state index contributed by atoms with van der Waals surface area (Å²) in [4.78, 5) is 18.3. The fourth-order valence-electron chi connectivity index (χ4n) is 1.31. The molecule has 2 N–H and O–H groups in total. The van der Waals surface area contributed by atoms with Gasteiger partial charge in [-0.2, -0.15) is 0 Å². The van der Waals surface area contributed by atoms with Crippen molar-refractivity contribution in [2.24, 2.45) is 0 Å². The largest absolute Gasteiger partial charge is 0.476 e. The van der Waals surface area contributed by atoms with Gasteiger partial charge >= 0.3 is 5.97 Å². The predicted octanol–water partition coefficient (Wildman–Crippen LogP) is 1.06. The summed E-state index contributed by atoms with van der Waals surface area (Å²) in [6.07, 6.45) is 4.59. The van der Waals surface area contributed by atoms with E-state index in [1.807, 2.05) is 12.1 Å². The Bertz CT molecular complexity index is 496. The first-order chi connectivity index (χ1) is 8.25. The molecule has 6 nitrogen and oxygen atoms in total. The van der Waals surface area contributed by atoms with Gasteiger partial charge in [-0.15, -0.1) is 0 Å². The van der Waals surface area contributed by atoms with Crippen molar-refractivity contribution in [1.29, 1.82) is 0 Å². The topological polar surface area (TPSA) is 88.2 Å². The van der Waals surface area contributed by atoms with Crippen molar-refractivity contribution < 1.29 is 14.3 Å². The standard InChI is InChI=1S/C11H11N3O3/c15-11(16)9-7-17-10(14-9)6-13-5-8-2-1-3-12-4-8/h1-4,7,13H,5-6H2,(H,15,16). The number of pyridine rings is 1. The maximum absolute atomic E-state index is 10.6. The SMILES string of the molecule is O=C(O)c1coc(CNCc2cccnc2)n1. The van der Waals surface area contributed by atoms with E-state index < -0.39 is 5.97 Å². The molecule has 2 aromatic heterocycles. The van der Waals surface area contributed by atoms with Gasteiger partial charge in [0.05, 0.1) is 6.54 Å². The smallest absolute Gasteiger partial charge is 0.357 e. The predicted molar refractivity (Wildman–Crippen MR) is 58.2 cm³/mol.